The van der Waals surface area contributed by atoms with Crippen molar-refractivity contribution in [2.24, 2.45) is 0 Å². The largest absolute Gasteiger partial charge is 0.524 e. The first-order valence-corrected chi connectivity index (χ1v) is 5.09. The molecule has 0 atom stereocenters. The molecule has 0 spiro atoms. The van der Waals surface area contributed by atoms with Gasteiger partial charge in [-0.15, -0.1) is 0 Å². The maximum absolute atomic E-state index is 11.0. The minimum absolute atomic E-state index is 0.282. The molecule has 9 nitrogen and oxygen atoms in total. The smallest absolute Gasteiger partial charge is 0.481 e. The number of hydrogen-bond donors (Lipinski definition) is 1. The predicted octanol–water partition coefficient (Wildman–Crippen LogP) is 0.0108. The zero-order chi connectivity index (χ0) is 14.8. The van der Waals surface area contributed by atoms with E-state index in [1.165, 1.54) is 0 Å². The van der Waals surface area contributed by atoms with Gasteiger partial charge in [-0.2, -0.15) is 0 Å². The third kappa shape index (κ3) is 9.27. The van der Waals surface area contributed by atoms with Gasteiger partial charge < -0.3 is 19.3 Å². The first-order chi connectivity index (χ1) is 8.85. The normalized spacial score (nSPS) is 9.32. The molecule has 0 aliphatic rings. The number of methoxy groups -OCH3 is 1. The van der Waals surface area contributed by atoms with Gasteiger partial charge in [0.1, 0.15) is 0 Å². The summed E-state index contributed by atoms with van der Waals surface area (Å²) in [6, 6.07) is 0. The van der Waals surface area contributed by atoms with Crippen molar-refractivity contribution in [2.45, 2.75) is 25.7 Å². The van der Waals surface area contributed by atoms with E-state index in [9.17, 15) is 24.0 Å². The Balaban J connectivity index is 3.90. The fourth-order valence-corrected chi connectivity index (χ4v) is 0.824. The Hall–Kier alpha value is -2.45. The van der Waals surface area contributed by atoms with Crippen LogP contribution < -0.4 is 0 Å². The van der Waals surface area contributed by atoms with E-state index in [1.54, 1.807) is 0 Å². The molecule has 9 heteroatoms. The molecule has 0 radical (unpaired) electrons. The average molecular weight is 276 g/mol. The van der Waals surface area contributed by atoms with Gasteiger partial charge in [0.15, 0.2) is 0 Å². The first kappa shape index (κ1) is 16.6. The molecule has 0 saturated heterocycles. The standard InChI is InChI=1S/C10H12O9/c1-17-7(13)4-5-9(15)19-10(16)18-8(14)3-2-6(11)12/h2-5H2,1H3,(H,11,12). The van der Waals surface area contributed by atoms with Crippen LogP contribution in [-0.2, 0) is 33.4 Å². The van der Waals surface area contributed by atoms with Gasteiger partial charge in [-0.3, -0.25) is 19.2 Å². The Morgan fingerprint density at radius 1 is 0.789 bits per heavy atom. The third-order valence-corrected chi connectivity index (χ3v) is 1.70. The highest BCUT2D eigenvalue weighted by atomic mass is 16.8. The summed E-state index contributed by atoms with van der Waals surface area (Å²) in [5, 5.41) is 8.27. The second-order valence-corrected chi connectivity index (χ2v) is 3.17. The van der Waals surface area contributed by atoms with E-state index in [2.05, 4.69) is 14.2 Å². The number of carboxylic acid groups (broad SMARTS) is 1. The van der Waals surface area contributed by atoms with E-state index in [-0.39, 0.29) is 6.42 Å². The second-order valence-electron chi connectivity index (χ2n) is 3.17. The van der Waals surface area contributed by atoms with Gasteiger partial charge in [0, 0.05) is 0 Å². The Bertz CT molecular complexity index is 384. The van der Waals surface area contributed by atoms with E-state index >= 15 is 0 Å². The van der Waals surface area contributed by atoms with Crippen molar-refractivity contribution < 1.29 is 43.3 Å². The summed E-state index contributed by atoms with van der Waals surface area (Å²) >= 11 is 0. The zero-order valence-corrected chi connectivity index (χ0v) is 10.0. The van der Waals surface area contributed by atoms with Crippen molar-refractivity contribution in [2.75, 3.05) is 7.11 Å². The Kier molecular flexibility index (Phi) is 7.50. The van der Waals surface area contributed by atoms with Crippen LogP contribution in [0.5, 0.6) is 0 Å². The Morgan fingerprint density at radius 2 is 1.21 bits per heavy atom. The van der Waals surface area contributed by atoms with Crippen LogP contribution in [0.1, 0.15) is 25.7 Å². The van der Waals surface area contributed by atoms with Gasteiger partial charge in [-0.1, -0.05) is 0 Å². The number of carboxylic acids is 1. The van der Waals surface area contributed by atoms with E-state index in [4.69, 9.17) is 5.11 Å². The summed E-state index contributed by atoms with van der Waals surface area (Å²) in [5.74, 6) is -4.10. The Morgan fingerprint density at radius 3 is 1.63 bits per heavy atom. The third-order valence-electron chi connectivity index (χ3n) is 1.70. The summed E-state index contributed by atoms with van der Waals surface area (Å²) in [7, 11) is 1.13. The minimum Gasteiger partial charge on any atom is -0.481 e. The summed E-state index contributed by atoms with van der Waals surface area (Å²) in [5.41, 5.74) is 0. The quantitative estimate of drug-likeness (QED) is 0.525. The van der Waals surface area contributed by atoms with Crippen LogP contribution in [0, 0.1) is 0 Å². The monoisotopic (exact) mass is 276 g/mol. The minimum atomic E-state index is -1.56. The molecular formula is C10H12O9. The molecule has 0 bridgehead atoms. The van der Waals surface area contributed by atoms with Crippen molar-refractivity contribution >= 4 is 30.0 Å². The highest BCUT2D eigenvalue weighted by Gasteiger charge is 2.17. The number of ether oxygens (including phenoxy) is 3. The zero-order valence-electron chi connectivity index (χ0n) is 10.0. The summed E-state index contributed by atoms with van der Waals surface area (Å²) in [6.45, 7) is 0. The number of hydrogen-bond acceptors (Lipinski definition) is 8. The molecule has 0 amide bonds. The molecule has 0 aromatic carbocycles. The highest BCUT2D eigenvalue weighted by molar-refractivity contribution is 5.90. The van der Waals surface area contributed by atoms with Crippen molar-refractivity contribution in [3.05, 3.63) is 0 Å². The molecule has 0 rings (SSSR count). The molecule has 1 N–H and O–H groups in total. The van der Waals surface area contributed by atoms with Crippen LogP contribution in [0.4, 0.5) is 4.79 Å². The number of aliphatic carboxylic acids is 1. The maximum atomic E-state index is 11.0. The van der Waals surface area contributed by atoms with Gasteiger partial charge >= 0.3 is 30.0 Å². The molecule has 0 unspecified atom stereocenters. The van der Waals surface area contributed by atoms with Crippen molar-refractivity contribution in [3.8, 4) is 0 Å². The fourth-order valence-electron chi connectivity index (χ4n) is 0.824. The fraction of sp³-hybridized carbons (Fsp3) is 0.500. The maximum Gasteiger partial charge on any atom is 0.524 e. The molecule has 19 heavy (non-hydrogen) atoms. The molecule has 0 fully saturated rings. The van der Waals surface area contributed by atoms with Crippen molar-refractivity contribution in [1.29, 1.82) is 0 Å². The van der Waals surface area contributed by atoms with Gasteiger partial charge in [0.05, 0.1) is 32.8 Å². The van der Waals surface area contributed by atoms with Gasteiger partial charge in [0.2, 0.25) is 0 Å². The van der Waals surface area contributed by atoms with Crippen LogP contribution in [0.15, 0.2) is 0 Å². The topological polar surface area (TPSA) is 133 Å². The molecule has 0 saturated carbocycles. The van der Waals surface area contributed by atoms with Crippen LogP contribution in [0.25, 0.3) is 0 Å². The summed E-state index contributed by atoms with van der Waals surface area (Å²) < 4.78 is 12.3. The lowest BCUT2D eigenvalue weighted by molar-refractivity contribution is -0.151. The lowest BCUT2D eigenvalue weighted by atomic mass is 10.3. The van der Waals surface area contributed by atoms with Crippen LogP contribution in [0.3, 0.4) is 0 Å². The van der Waals surface area contributed by atoms with Gasteiger partial charge in [0.25, 0.3) is 0 Å². The first-order valence-electron chi connectivity index (χ1n) is 5.09. The average Bonchev–Trinajstić information content (AvgIpc) is 2.33. The highest BCUT2D eigenvalue weighted by Crippen LogP contribution is 1.99. The number of rotatable bonds is 6. The van der Waals surface area contributed by atoms with Crippen molar-refractivity contribution in [3.63, 3.8) is 0 Å². The van der Waals surface area contributed by atoms with Crippen LogP contribution in [-0.4, -0.2) is 42.2 Å². The lowest BCUT2D eigenvalue weighted by Gasteiger charge is -2.02. The number of carbonyl (C=O) groups excluding carboxylic acids is 4. The Labute approximate surface area is 107 Å². The molecular weight excluding hydrogens is 264 g/mol. The van der Waals surface area contributed by atoms with Crippen LogP contribution >= 0.6 is 0 Å². The lowest BCUT2D eigenvalue weighted by Crippen LogP contribution is -2.19. The molecule has 0 aromatic rings. The summed E-state index contributed by atoms with van der Waals surface area (Å²) in [4.78, 5) is 53.5. The van der Waals surface area contributed by atoms with E-state index in [0.29, 0.717) is 0 Å². The van der Waals surface area contributed by atoms with Gasteiger partial charge in [-0.05, 0) is 0 Å². The van der Waals surface area contributed by atoms with E-state index in [1.807, 2.05) is 0 Å². The molecule has 0 aromatic heterocycles. The second kappa shape index (κ2) is 8.61. The van der Waals surface area contributed by atoms with Crippen LogP contribution in [0.2, 0.25) is 0 Å². The molecule has 0 heterocycles. The number of carbonyl (C=O) groups is 5. The molecule has 0 aliphatic carbocycles. The SMILES string of the molecule is COC(=O)CCC(=O)OC(=O)OC(=O)CCC(=O)O. The van der Waals surface area contributed by atoms with Crippen molar-refractivity contribution in [1.82, 2.24) is 0 Å². The van der Waals surface area contributed by atoms with E-state index < -0.39 is 49.3 Å². The van der Waals surface area contributed by atoms with Gasteiger partial charge in [-0.25, -0.2) is 4.79 Å². The number of esters is 3. The molecule has 106 valence electrons. The predicted molar refractivity (Wildman–Crippen MR) is 55.7 cm³/mol. The molecule has 0 aliphatic heterocycles. The summed E-state index contributed by atoms with van der Waals surface area (Å²) in [6.07, 6.45) is -3.30. The van der Waals surface area contributed by atoms with E-state index in [0.717, 1.165) is 7.11 Å².